The van der Waals surface area contributed by atoms with Crippen LogP contribution >= 0.6 is 31.9 Å². The molecule has 0 aliphatic heterocycles. The smallest absolute Gasteiger partial charge is 0.148 e. The van der Waals surface area contributed by atoms with Crippen molar-refractivity contribution in [2.24, 2.45) is 5.73 Å². The van der Waals surface area contributed by atoms with E-state index in [0.29, 0.717) is 6.61 Å². The van der Waals surface area contributed by atoms with Crippen LogP contribution in [-0.2, 0) is 4.74 Å². The molecule has 0 saturated heterocycles. The van der Waals surface area contributed by atoms with E-state index in [1.807, 2.05) is 25.1 Å². The molecule has 0 bridgehead atoms. The van der Waals surface area contributed by atoms with E-state index in [1.165, 1.54) is 0 Å². The van der Waals surface area contributed by atoms with Crippen molar-refractivity contribution in [1.29, 1.82) is 0 Å². The number of nitrogens with two attached hydrogens (primary N) is 1. The van der Waals surface area contributed by atoms with Gasteiger partial charge in [-0.2, -0.15) is 0 Å². The third kappa shape index (κ3) is 2.84. The minimum Gasteiger partial charge on any atom is -0.485 e. The molecule has 1 aromatic rings. The molecule has 0 radical (unpaired) electrons. The zero-order chi connectivity index (χ0) is 12.4. The van der Waals surface area contributed by atoms with Crippen LogP contribution in [0.2, 0.25) is 0 Å². The lowest BCUT2D eigenvalue weighted by Crippen LogP contribution is -2.59. The lowest BCUT2D eigenvalue weighted by molar-refractivity contribution is -0.0949. The molecule has 94 valence electrons. The Labute approximate surface area is 118 Å². The molecule has 0 amide bonds. The van der Waals surface area contributed by atoms with Crippen LogP contribution in [0.25, 0.3) is 0 Å². The van der Waals surface area contributed by atoms with Crippen molar-refractivity contribution in [3.8, 4) is 5.75 Å². The first-order valence-corrected chi connectivity index (χ1v) is 7.20. The first kappa shape index (κ1) is 13.3. The number of ether oxygens (including phenoxy) is 2. The Morgan fingerprint density at radius 3 is 2.53 bits per heavy atom. The van der Waals surface area contributed by atoms with Gasteiger partial charge < -0.3 is 15.2 Å². The summed E-state index contributed by atoms with van der Waals surface area (Å²) in [7, 11) is 0. The van der Waals surface area contributed by atoms with E-state index in [1.54, 1.807) is 0 Å². The van der Waals surface area contributed by atoms with Gasteiger partial charge in [0, 0.05) is 19.1 Å². The third-order valence-electron chi connectivity index (χ3n) is 2.84. The molecule has 1 saturated carbocycles. The molecule has 2 rings (SSSR count). The van der Waals surface area contributed by atoms with E-state index in [-0.39, 0.29) is 18.2 Å². The first-order valence-electron chi connectivity index (χ1n) is 5.61. The van der Waals surface area contributed by atoms with Crippen LogP contribution in [0.5, 0.6) is 5.75 Å². The fourth-order valence-corrected chi connectivity index (χ4v) is 3.09. The Hall–Kier alpha value is -0.100. The number of halogens is 2. The number of benzene rings is 1. The highest BCUT2D eigenvalue weighted by Crippen LogP contribution is 2.37. The zero-order valence-corrected chi connectivity index (χ0v) is 12.7. The molecule has 0 spiro atoms. The van der Waals surface area contributed by atoms with Gasteiger partial charge in [-0.15, -0.1) is 0 Å². The van der Waals surface area contributed by atoms with Gasteiger partial charge in [0.2, 0.25) is 0 Å². The molecular formula is C12H15Br2NO2. The summed E-state index contributed by atoms with van der Waals surface area (Å²) in [5, 5.41) is 0. The first-order chi connectivity index (χ1) is 8.13. The van der Waals surface area contributed by atoms with Gasteiger partial charge in [0.1, 0.15) is 18.0 Å². The predicted molar refractivity (Wildman–Crippen MR) is 74.3 cm³/mol. The molecule has 3 unspecified atom stereocenters. The molecule has 17 heavy (non-hydrogen) atoms. The lowest BCUT2D eigenvalue weighted by Gasteiger charge is -2.41. The van der Waals surface area contributed by atoms with Crippen molar-refractivity contribution in [1.82, 2.24) is 0 Å². The van der Waals surface area contributed by atoms with E-state index in [2.05, 4.69) is 31.9 Å². The fraction of sp³-hybridized carbons (Fsp3) is 0.500. The van der Waals surface area contributed by atoms with Gasteiger partial charge in [-0.3, -0.25) is 0 Å². The molecule has 1 aromatic carbocycles. The maximum absolute atomic E-state index is 5.95. The maximum Gasteiger partial charge on any atom is 0.148 e. The number of rotatable bonds is 4. The van der Waals surface area contributed by atoms with Gasteiger partial charge in [-0.25, -0.2) is 0 Å². The second-order valence-electron chi connectivity index (χ2n) is 4.03. The summed E-state index contributed by atoms with van der Waals surface area (Å²) in [5.74, 6) is 0.814. The Balaban J connectivity index is 2.06. The Morgan fingerprint density at radius 2 is 2.00 bits per heavy atom. The van der Waals surface area contributed by atoms with Crippen LogP contribution in [0.15, 0.2) is 27.1 Å². The molecule has 0 aromatic heterocycles. The molecule has 0 heterocycles. The van der Waals surface area contributed by atoms with Gasteiger partial charge in [0.05, 0.1) is 8.95 Å². The van der Waals surface area contributed by atoms with Gasteiger partial charge in [-0.1, -0.05) is 6.07 Å². The van der Waals surface area contributed by atoms with E-state index in [4.69, 9.17) is 15.2 Å². The minimum absolute atomic E-state index is 0.000920. The van der Waals surface area contributed by atoms with Crippen LogP contribution in [0.4, 0.5) is 0 Å². The molecule has 1 aliphatic rings. The molecule has 1 fully saturated rings. The zero-order valence-electron chi connectivity index (χ0n) is 9.53. The Bertz CT molecular complexity index is 380. The molecule has 5 heteroatoms. The highest BCUT2D eigenvalue weighted by molar-refractivity contribution is 9.11. The summed E-state index contributed by atoms with van der Waals surface area (Å²) < 4.78 is 13.4. The molecule has 3 atom stereocenters. The third-order valence-corrected chi connectivity index (χ3v) is 4.09. The summed E-state index contributed by atoms with van der Waals surface area (Å²) in [6.07, 6.45) is 0.872. The maximum atomic E-state index is 5.95. The summed E-state index contributed by atoms with van der Waals surface area (Å²) in [6, 6.07) is 5.94. The van der Waals surface area contributed by atoms with Crippen molar-refractivity contribution in [2.75, 3.05) is 6.61 Å². The Kier molecular flexibility index (Phi) is 4.47. The predicted octanol–water partition coefficient (Wildman–Crippen LogP) is 3.10. The summed E-state index contributed by atoms with van der Waals surface area (Å²) >= 11 is 6.95. The topological polar surface area (TPSA) is 44.5 Å². The average molecular weight is 365 g/mol. The van der Waals surface area contributed by atoms with E-state index >= 15 is 0 Å². The van der Waals surface area contributed by atoms with Crippen molar-refractivity contribution < 1.29 is 9.47 Å². The second kappa shape index (κ2) is 5.69. The van der Waals surface area contributed by atoms with Crippen molar-refractivity contribution in [2.45, 2.75) is 31.6 Å². The highest BCUT2D eigenvalue weighted by atomic mass is 79.9. The van der Waals surface area contributed by atoms with Gasteiger partial charge in [-0.05, 0) is 50.9 Å². The highest BCUT2D eigenvalue weighted by Gasteiger charge is 2.41. The normalized spacial score (nSPS) is 27.6. The van der Waals surface area contributed by atoms with E-state index in [0.717, 1.165) is 21.1 Å². The summed E-state index contributed by atoms with van der Waals surface area (Å²) in [5.41, 5.74) is 5.90. The quantitative estimate of drug-likeness (QED) is 0.892. The second-order valence-corrected chi connectivity index (χ2v) is 5.74. The Morgan fingerprint density at radius 1 is 1.35 bits per heavy atom. The minimum atomic E-state index is -0.000920. The summed E-state index contributed by atoms with van der Waals surface area (Å²) in [6.45, 7) is 2.63. The van der Waals surface area contributed by atoms with Crippen molar-refractivity contribution in [3.05, 3.63) is 27.1 Å². The molecule has 1 aliphatic carbocycles. The van der Waals surface area contributed by atoms with Crippen LogP contribution in [-0.4, -0.2) is 24.9 Å². The van der Waals surface area contributed by atoms with E-state index in [9.17, 15) is 0 Å². The van der Waals surface area contributed by atoms with Crippen LogP contribution in [0.1, 0.15) is 13.3 Å². The number of hydrogen-bond acceptors (Lipinski definition) is 3. The molecule has 3 nitrogen and oxygen atoms in total. The number of para-hydroxylation sites is 1. The van der Waals surface area contributed by atoms with Gasteiger partial charge >= 0.3 is 0 Å². The van der Waals surface area contributed by atoms with Crippen molar-refractivity contribution >= 4 is 31.9 Å². The molecule has 2 N–H and O–H groups in total. The van der Waals surface area contributed by atoms with E-state index < -0.39 is 0 Å². The largest absolute Gasteiger partial charge is 0.485 e. The SMILES string of the molecule is CCOC1C(N)CC1Oc1c(Br)cccc1Br. The fourth-order valence-electron chi connectivity index (χ4n) is 1.90. The molecular weight excluding hydrogens is 350 g/mol. The lowest BCUT2D eigenvalue weighted by atomic mass is 9.86. The van der Waals surface area contributed by atoms with Gasteiger partial charge in [0.25, 0.3) is 0 Å². The average Bonchev–Trinajstić information content (AvgIpc) is 2.29. The van der Waals surface area contributed by atoms with Crippen molar-refractivity contribution in [3.63, 3.8) is 0 Å². The van der Waals surface area contributed by atoms with Crippen LogP contribution in [0, 0.1) is 0 Å². The van der Waals surface area contributed by atoms with Gasteiger partial charge in [0.15, 0.2) is 0 Å². The summed E-state index contributed by atoms with van der Waals surface area (Å²) in [4.78, 5) is 0. The van der Waals surface area contributed by atoms with Crippen LogP contribution in [0.3, 0.4) is 0 Å². The van der Waals surface area contributed by atoms with Crippen LogP contribution < -0.4 is 10.5 Å². The monoisotopic (exact) mass is 363 g/mol. The standard InChI is InChI=1S/C12H15Br2NO2/c1-2-16-12-9(15)6-10(12)17-11-7(13)4-3-5-8(11)14/h3-5,9-10,12H,2,6,15H2,1H3. The number of hydrogen-bond donors (Lipinski definition) is 1.